The summed E-state index contributed by atoms with van der Waals surface area (Å²) in [5.74, 6) is -1.04. The van der Waals surface area contributed by atoms with Gasteiger partial charge in [0.05, 0.1) is 13.2 Å². The predicted molar refractivity (Wildman–Crippen MR) is 91.8 cm³/mol. The number of ether oxygens (including phenoxy) is 2. The van der Waals surface area contributed by atoms with E-state index in [2.05, 4.69) is 0 Å². The average molecular weight is 354 g/mol. The normalized spacial score (nSPS) is 26.3. The van der Waals surface area contributed by atoms with Crippen molar-refractivity contribution in [3.63, 3.8) is 0 Å². The number of Topliss-reactive ketones (excluding diaryl/α,β-unsaturated/α-hetero) is 2. The molecule has 25 heavy (non-hydrogen) atoms. The molecule has 6 heteroatoms. The van der Waals surface area contributed by atoms with E-state index < -0.39 is 11.3 Å². The molecule has 0 amide bonds. The summed E-state index contributed by atoms with van der Waals surface area (Å²) in [4.78, 5) is 45.4. The molecule has 2 aliphatic carbocycles. The largest absolute Gasteiger partial charge is 0.465 e. The van der Waals surface area contributed by atoms with Gasteiger partial charge in [0.1, 0.15) is 22.9 Å². The van der Waals surface area contributed by atoms with Crippen molar-refractivity contribution in [2.45, 2.75) is 72.1 Å². The van der Waals surface area contributed by atoms with Crippen molar-refractivity contribution in [2.24, 2.45) is 11.3 Å². The first-order valence-electron chi connectivity index (χ1n) is 9.26. The Balaban J connectivity index is 0.000000251. The van der Waals surface area contributed by atoms with Crippen LogP contribution in [0.4, 0.5) is 0 Å². The maximum atomic E-state index is 11.5. The van der Waals surface area contributed by atoms with Crippen molar-refractivity contribution in [3.8, 4) is 0 Å². The lowest BCUT2D eigenvalue weighted by Crippen LogP contribution is -2.40. The average Bonchev–Trinajstić information content (AvgIpc) is 2.59. The van der Waals surface area contributed by atoms with Crippen LogP contribution in [0.3, 0.4) is 0 Å². The maximum absolute atomic E-state index is 11.5. The summed E-state index contributed by atoms with van der Waals surface area (Å²) in [5, 5.41) is 0. The van der Waals surface area contributed by atoms with Gasteiger partial charge in [0.25, 0.3) is 0 Å². The van der Waals surface area contributed by atoms with Gasteiger partial charge in [-0.1, -0.05) is 12.8 Å². The second-order valence-corrected chi connectivity index (χ2v) is 6.70. The first-order chi connectivity index (χ1) is 11.9. The SMILES string of the molecule is CCOC(=O)C1CCCCC1=O.CCOC(=O)[C@]1(C)CCCCC1=O. The number of rotatable bonds is 4. The Morgan fingerprint density at radius 3 is 2.20 bits per heavy atom. The molecule has 0 bridgehead atoms. The van der Waals surface area contributed by atoms with Crippen LogP contribution in [0.5, 0.6) is 0 Å². The van der Waals surface area contributed by atoms with Gasteiger partial charge in [-0.05, 0) is 46.5 Å². The van der Waals surface area contributed by atoms with E-state index >= 15 is 0 Å². The van der Waals surface area contributed by atoms with Crippen LogP contribution in [0.1, 0.15) is 72.1 Å². The molecule has 0 N–H and O–H groups in total. The van der Waals surface area contributed by atoms with E-state index in [4.69, 9.17) is 9.47 Å². The van der Waals surface area contributed by atoms with Crippen LogP contribution in [0.25, 0.3) is 0 Å². The van der Waals surface area contributed by atoms with Gasteiger partial charge in [-0.2, -0.15) is 0 Å². The topological polar surface area (TPSA) is 86.7 Å². The number of carbonyl (C=O) groups excluding carboxylic acids is 4. The quantitative estimate of drug-likeness (QED) is 0.570. The third-order valence-corrected chi connectivity index (χ3v) is 4.80. The maximum Gasteiger partial charge on any atom is 0.319 e. The minimum Gasteiger partial charge on any atom is -0.465 e. The van der Waals surface area contributed by atoms with Crippen LogP contribution in [-0.2, 0) is 28.7 Å². The summed E-state index contributed by atoms with van der Waals surface area (Å²) in [7, 11) is 0. The molecule has 0 spiro atoms. The van der Waals surface area contributed by atoms with Crippen molar-refractivity contribution in [3.05, 3.63) is 0 Å². The van der Waals surface area contributed by atoms with Crippen LogP contribution < -0.4 is 0 Å². The van der Waals surface area contributed by atoms with Crippen molar-refractivity contribution >= 4 is 23.5 Å². The van der Waals surface area contributed by atoms with E-state index in [-0.39, 0.29) is 23.5 Å². The van der Waals surface area contributed by atoms with Gasteiger partial charge in [0.15, 0.2) is 0 Å². The van der Waals surface area contributed by atoms with Gasteiger partial charge in [-0.3, -0.25) is 19.2 Å². The molecular formula is C19H30O6. The molecule has 0 saturated heterocycles. The molecule has 0 aliphatic heterocycles. The third-order valence-electron chi connectivity index (χ3n) is 4.80. The Morgan fingerprint density at radius 1 is 1.00 bits per heavy atom. The first kappa shape index (κ1) is 21.3. The zero-order chi connectivity index (χ0) is 18.9. The Bertz CT molecular complexity index is 498. The molecule has 2 aliphatic rings. The Morgan fingerprint density at radius 2 is 1.64 bits per heavy atom. The summed E-state index contributed by atoms with van der Waals surface area (Å²) in [6, 6.07) is 0. The highest BCUT2D eigenvalue weighted by atomic mass is 16.5. The van der Waals surface area contributed by atoms with Crippen molar-refractivity contribution in [1.29, 1.82) is 0 Å². The van der Waals surface area contributed by atoms with Crippen molar-refractivity contribution < 1.29 is 28.7 Å². The van der Waals surface area contributed by atoms with Gasteiger partial charge in [0.2, 0.25) is 0 Å². The monoisotopic (exact) mass is 354 g/mol. The van der Waals surface area contributed by atoms with Gasteiger partial charge in [-0.15, -0.1) is 0 Å². The molecule has 6 nitrogen and oxygen atoms in total. The molecular weight excluding hydrogens is 324 g/mol. The van der Waals surface area contributed by atoms with E-state index in [0.29, 0.717) is 38.9 Å². The predicted octanol–water partition coefficient (Wildman–Crippen LogP) is 3.01. The summed E-state index contributed by atoms with van der Waals surface area (Å²) >= 11 is 0. The van der Waals surface area contributed by atoms with Crippen LogP contribution in [0.15, 0.2) is 0 Å². The van der Waals surface area contributed by atoms with E-state index in [1.165, 1.54) is 0 Å². The molecule has 2 fully saturated rings. The molecule has 0 heterocycles. The molecule has 142 valence electrons. The highest BCUT2D eigenvalue weighted by Gasteiger charge is 2.43. The van der Waals surface area contributed by atoms with Crippen molar-refractivity contribution in [2.75, 3.05) is 13.2 Å². The van der Waals surface area contributed by atoms with Crippen molar-refractivity contribution in [1.82, 2.24) is 0 Å². The first-order valence-corrected chi connectivity index (χ1v) is 9.26. The molecule has 2 saturated carbocycles. The van der Waals surface area contributed by atoms with Crippen LogP contribution in [-0.4, -0.2) is 36.7 Å². The smallest absolute Gasteiger partial charge is 0.319 e. The summed E-state index contributed by atoms with van der Waals surface area (Å²) < 4.78 is 9.69. The summed E-state index contributed by atoms with van der Waals surface area (Å²) in [5.41, 5.74) is -0.853. The molecule has 2 atom stereocenters. The lowest BCUT2D eigenvalue weighted by Gasteiger charge is -2.29. The molecule has 2 rings (SSSR count). The highest BCUT2D eigenvalue weighted by molar-refractivity contribution is 6.03. The van der Waals surface area contributed by atoms with E-state index in [9.17, 15) is 19.2 Å². The second-order valence-electron chi connectivity index (χ2n) is 6.70. The van der Waals surface area contributed by atoms with Crippen LogP contribution >= 0.6 is 0 Å². The van der Waals surface area contributed by atoms with E-state index in [0.717, 1.165) is 25.7 Å². The van der Waals surface area contributed by atoms with Crippen LogP contribution in [0.2, 0.25) is 0 Å². The Labute approximate surface area is 149 Å². The Kier molecular flexibility index (Phi) is 8.79. The van der Waals surface area contributed by atoms with Gasteiger partial charge in [0, 0.05) is 12.8 Å². The van der Waals surface area contributed by atoms with Gasteiger partial charge < -0.3 is 9.47 Å². The van der Waals surface area contributed by atoms with E-state index in [1.54, 1.807) is 20.8 Å². The number of hydrogen-bond donors (Lipinski definition) is 0. The molecule has 0 radical (unpaired) electrons. The fourth-order valence-electron chi connectivity index (χ4n) is 3.16. The lowest BCUT2D eigenvalue weighted by atomic mass is 9.75. The fourth-order valence-corrected chi connectivity index (χ4v) is 3.16. The molecule has 0 aromatic rings. The number of hydrogen-bond acceptors (Lipinski definition) is 6. The van der Waals surface area contributed by atoms with E-state index in [1.807, 2.05) is 0 Å². The molecule has 0 aromatic carbocycles. The van der Waals surface area contributed by atoms with Gasteiger partial charge >= 0.3 is 11.9 Å². The molecule has 0 aromatic heterocycles. The number of esters is 2. The minimum atomic E-state index is -0.853. The highest BCUT2D eigenvalue weighted by Crippen LogP contribution is 2.33. The standard InChI is InChI=1S/C10H16O3.C9H14O3/c1-3-13-9(12)10(2)7-5-4-6-8(10)11;1-2-12-9(11)7-5-3-4-6-8(7)10/h3-7H2,1-2H3;7H,2-6H2,1H3/t10-;/m1./s1. The fraction of sp³-hybridized carbons (Fsp3) is 0.789. The minimum absolute atomic E-state index is 0.0391. The lowest BCUT2D eigenvalue weighted by molar-refractivity contribution is -0.161. The number of ketones is 2. The summed E-state index contributed by atoms with van der Waals surface area (Å²) in [6.07, 6.45) is 6.14. The third kappa shape index (κ3) is 5.94. The zero-order valence-electron chi connectivity index (χ0n) is 15.6. The zero-order valence-corrected chi connectivity index (χ0v) is 15.6. The summed E-state index contributed by atoms with van der Waals surface area (Å²) in [6.45, 7) is 5.93. The number of carbonyl (C=O) groups is 4. The Hall–Kier alpha value is -1.72. The second kappa shape index (κ2) is 10.3. The van der Waals surface area contributed by atoms with Gasteiger partial charge in [-0.25, -0.2) is 0 Å². The molecule has 1 unspecified atom stereocenters. The van der Waals surface area contributed by atoms with Crippen LogP contribution in [0, 0.1) is 11.3 Å².